The molecule has 48 heavy (non-hydrogen) atoms. The van der Waals surface area contributed by atoms with Gasteiger partial charge in [0.05, 0.1) is 25.4 Å². The predicted octanol–water partition coefficient (Wildman–Crippen LogP) is 5.13. The average Bonchev–Trinajstić information content (AvgIpc) is 3.62. The molecule has 256 valence electrons. The van der Waals surface area contributed by atoms with E-state index in [1.807, 2.05) is 11.0 Å². The first-order chi connectivity index (χ1) is 23.5. The number of methoxy groups -OCH3 is 1. The molecular weight excluding hydrogens is 600 g/mol. The molecule has 4 aliphatic rings. The summed E-state index contributed by atoms with van der Waals surface area (Å²) in [4.78, 5) is 33.9. The molecule has 1 amide bonds. The second kappa shape index (κ2) is 17.8. The highest BCUT2D eigenvalue weighted by Gasteiger charge is 2.29. The summed E-state index contributed by atoms with van der Waals surface area (Å²) in [6, 6.07) is 17.2. The molecule has 4 aliphatic heterocycles. The normalized spacial score (nSPS) is 18.4. The van der Waals surface area contributed by atoms with Crippen molar-refractivity contribution in [3.8, 4) is 12.1 Å². The number of carbonyl (C=O) groups excluding carboxylic acids is 1. The van der Waals surface area contributed by atoms with Crippen molar-refractivity contribution < 1.29 is 9.53 Å². The van der Waals surface area contributed by atoms with Crippen molar-refractivity contribution >= 4 is 28.2 Å². The highest BCUT2D eigenvalue weighted by atomic mass is 16.5. The molecule has 3 aromatic rings. The van der Waals surface area contributed by atoms with Gasteiger partial charge in [-0.25, -0.2) is 0 Å². The minimum Gasteiger partial charge on any atom is -0.467 e. The molecule has 0 aliphatic carbocycles. The number of nitriles is 1. The van der Waals surface area contributed by atoms with Crippen LogP contribution in [-0.2, 0) is 17.8 Å². The van der Waals surface area contributed by atoms with Crippen LogP contribution in [0.5, 0.6) is 6.01 Å². The number of benzene rings is 2. The van der Waals surface area contributed by atoms with E-state index in [1.54, 1.807) is 19.3 Å². The molecule has 2 aromatic carbocycles. The molecule has 1 aromatic heterocycles. The fourth-order valence-electron chi connectivity index (χ4n) is 6.99. The fraction of sp³-hybridized carbons (Fsp3) is 0.526. The van der Waals surface area contributed by atoms with E-state index in [0.29, 0.717) is 19.1 Å². The number of ether oxygens (including phenoxy) is 1. The van der Waals surface area contributed by atoms with Crippen molar-refractivity contribution in [2.45, 2.75) is 52.0 Å². The van der Waals surface area contributed by atoms with Gasteiger partial charge < -0.3 is 24.3 Å². The van der Waals surface area contributed by atoms with E-state index in [2.05, 4.69) is 69.1 Å². The Balaban J connectivity index is 0.000000440. The summed E-state index contributed by atoms with van der Waals surface area (Å²) in [5.41, 5.74) is 3.46. The van der Waals surface area contributed by atoms with Crippen LogP contribution in [0.4, 0.5) is 11.5 Å². The standard InChI is InChI=1S/C31H38N6O2.C5H11N.C2H3N/c1-39-31-32-27-23-37(28-12-7-10-24-9-3-4-11-25(24)28)18-14-26(27)30(33-31)36-21-19-35(20-22-36)29(38)13-8-17-34-15-5-2-6-16-34;1-6-4-2-3-5-6;1-2-3/h3-4,7-13H,2,5-6,14-23H2,1H3;2-5H2,1H3;1H3/b13-8+;;. The second-order valence-electron chi connectivity index (χ2n) is 12.9. The monoisotopic (exact) mass is 652 g/mol. The smallest absolute Gasteiger partial charge is 0.318 e. The number of nitrogens with zero attached hydrogens (tertiary/aromatic N) is 8. The third-order valence-electron chi connectivity index (χ3n) is 9.61. The van der Waals surface area contributed by atoms with Crippen LogP contribution in [0.2, 0.25) is 0 Å². The first kappa shape index (κ1) is 35.1. The van der Waals surface area contributed by atoms with E-state index in [0.717, 1.165) is 63.7 Å². The van der Waals surface area contributed by atoms with Crippen LogP contribution >= 0.6 is 0 Å². The third kappa shape index (κ3) is 9.24. The zero-order valence-corrected chi connectivity index (χ0v) is 29.1. The average molecular weight is 653 g/mol. The predicted molar refractivity (Wildman–Crippen MR) is 194 cm³/mol. The molecule has 0 bridgehead atoms. The topological polar surface area (TPSA) is 92.1 Å². The summed E-state index contributed by atoms with van der Waals surface area (Å²) in [5, 5.41) is 9.82. The number of amides is 1. The molecular formula is C38H52N8O2. The van der Waals surface area contributed by atoms with E-state index < -0.39 is 0 Å². The number of anilines is 2. The van der Waals surface area contributed by atoms with Gasteiger partial charge in [0, 0.05) is 68.9 Å². The van der Waals surface area contributed by atoms with Gasteiger partial charge in [-0.15, -0.1) is 0 Å². The molecule has 5 heterocycles. The summed E-state index contributed by atoms with van der Waals surface area (Å²) in [7, 11) is 3.80. The Morgan fingerprint density at radius 3 is 2.25 bits per heavy atom. The van der Waals surface area contributed by atoms with Gasteiger partial charge >= 0.3 is 6.01 Å². The molecule has 3 fully saturated rings. The molecule has 0 spiro atoms. The maximum absolute atomic E-state index is 12.8. The van der Waals surface area contributed by atoms with Crippen molar-refractivity contribution in [2.75, 3.05) is 89.4 Å². The van der Waals surface area contributed by atoms with E-state index in [1.165, 1.54) is 74.1 Å². The van der Waals surface area contributed by atoms with Crippen molar-refractivity contribution in [1.82, 2.24) is 24.7 Å². The Morgan fingerprint density at radius 1 is 0.875 bits per heavy atom. The second-order valence-corrected chi connectivity index (χ2v) is 12.9. The van der Waals surface area contributed by atoms with Crippen LogP contribution in [0.25, 0.3) is 10.8 Å². The molecule has 0 saturated carbocycles. The molecule has 7 rings (SSSR count). The van der Waals surface area contributed by atoms with E-state index >= 15 is 0 Å². The Hall–Kier alpha value is -4.20. The number of aromatic nitrogens is 2. The maximum Gasteiger partial charge on any atom is 0.318 e. The first-order valence-electron chi connectivity index (χ1n) is 17.6. The summed E-state index contributed by atoms with van der Waals surface area (Å²) in [6.07, 6.45) is 11.4. The van der Waals surface area contributed by atoms with Gasteiger partial charge in [-0.05, 0) is 76.8 Å². The molecule has 0 N–H and O–H groups in total. The summed E-state index contributed by atoms with van der Waals surface area (Å²) in [6.45, 7) is 11.7. The Kier molecular flexibility index (Phi) is 13.0. The quantitative estimate of drug-likeness (QED) is 0.336. The van der Waals surface area contributed by atoms with E-state index in [-0.39, 0.29) is 5.91 Å². The van der Waals surface area contributed by atoms with Gasteiger partial charge in [0.25, 0.3) is 0 Å². The van der Waals surface area contributed by atoms with Crippen LogP contribution in [0, 0.1) is 11.3 Å². The van der Waals surface area contributed by atoms with Gasteiger partial charge in [0.15, 0.2) is 0 Å². The van der Waals surface area contributed by atoms with Crippen LogP contribution in [0.15, 0.2) is 54.6 Å². The highest BCUT2D eigenvalue weighted by Crippen LogP contribution is 2.34. The van der Waals surface area contributed by atoms with Crippen molar-refractivity contribution in [3.05, 3.63) is 65.9 Å². The highest BCUT2D eigenvalue weighted by molar-refractivity contribution is 5.94. The molecule has 10 heteroatoms. The van der Waals surface area contributed by atoms with Gasteiger partial charge in [-0.1, -0.05) is 48.9 Å². The van der Waals surface area contributed by atoms with Crippen LogP contribution < -0.4 is 14.5 Å². The van der Waals surface area contributed by atoms with Crippen LogP contribution in [0.3, 0.4) is 0 Å². The summed E-state index contributed by atoms with van der Waals surface area (Å²) >= 11 is 0. The maximum atomic E-state index is 12.8. The van der Waals surface area contributed by atoms with Crippen LogP contribution in [0.1, 0.15) is 50.3 Å². The van der Waals surface area contributed by atoms with Gasteiger partial charge in [0.1, 0.15) is 5.82 Å². The van der Waals surface area contributed by atoms with E-state index in [9.17, 15) is 4.79 Å². The van der Waals surface area contributed by atoms with Crippen molar-refractivity contribution in [2.24, 2.45) is 0 Å². The van der Waals surface area contributed by atoms with Crippen LogP contribution in [-0.4, -0.2) is 110 Å². The number of piperidine rings is 1. The Morgan fingerprint density at radius 2 is 1.56 bits per heavy atom. The van der Waals surface area contributed by atoms with Gasteiger partial charge in [-0.2, -0.15) is 15.2 Å². The van der Waals surface area contributed by atoms with Gasteiger partial charge in [-0.3, -0.25) is 9.69 Å². The number of hydrogen-bond donors (Lipinski definition) is 0. The minimum absolute atomic E-state index is 0.111. The van der Waals surface area contributed by atoms with Crippen molar-refractivity contribution in [3.63, 3.8) is 0 Å². The number of rotatable bonds is 6. The lowest BCUT2D eigenvalue weighted by Crippen LogP contribution is -2.49. The fourth-order valence-corrected chi connectivity index (χ4v) is 6.99. The summed E-state index contributed by atoms with van der Waals surface area (Å²) < 4.78 is 5.53. The van der Waals surface area contributed by atoms with Gasteiger partial charge in [0.2, 0.25) is 5.91 Å². The number of likely N-dealkylation sites (tertiary alicyclic amines) is 2. The SMILES string of the molecule is CC#N.CN1CCCC1.COc1nc2c(c(N3CCN(C(=O)/C=C/CN4CCCCC4)CC3)n1)CCN(c1cccc3ccccc13)C2. The molecule has 0 unspecified atom stereocenters. The van der Waals surface area contributed by atoms with E-state index in [4.69, 9.17) is 20.0 Å². The molecule has 10 nitrogen and oxygen atoms in total. The lowest BCUT2D eigenvalue weighted by molar-refractivity contribution is -0.126. The number of hydrogen-bond acceptors (Lipinski definition) is 9. The Bertz CT molecular complexity index is 1540. The largest absolute Gasteiger partial charge is 0.467 e. The third-order valence-corrected chi connectivity index (χ3v) is 9.61. The molecule has 0 radical (unpaired) electrons. The lowest BCUT2D eigenvalue weighted by Gasteiger charge is -2.38. The number of piperazine rings is 1. The Labute approximate surface area is 286 Å². The summed E-state index contributed by atoms with van der Waals surface area (Å²) in [5.74, 6) is 1.07. The lowest BCUT2D eigenvalue weighted by atomic mass is 10.0. The van der Waals surface area contributed by atoms with Crippen molar-refractivity contribution in [1.29, 1.82) is 5.26 Å². The zero-order chi connectivity index (χ0) is 33.7. The zero-order valence-electron chi connectivity index (χ0n) is 29.1. The molecule has 0 atom stereocenters. The number of fused-ring (bicyclic) bond motifs is 2. The number of carbonyl (C=O) groups is 1. The minimum atomic E-state index is 0.111. The first-order valence-corrected chi connectivity index (χ1v) is 17.6. The molecule has 3 saturated heterocycles.